The van der Waals surface area contributed by atoms with E-state index in [0.29, 0.717) is 6.42 Å². The number of halogens is 1. The van der Waals surface area contributed by atoms with Gasteiger partial charge in [-0.25, -0.2) is 4.39 Å². The molecular weight excluding hydrogens is 119 g/mol. The Bertz CT molecular complexity index is 133. The van der Waals surface area contributed by atoms with Crippen LogP contribution < -0.4 is 0 Å². The normalized spacial score (nSPS) is 56.7. The zero-order valence-electron chi connectivity index (χ0n) is 5.56. The van der Waals surface area contributed by atoms with Gasteiger partial charge >= 0.3 is 0 Å². The van der Waals surface area contributed by atoms with Gasteiger partial charge in [0.1, 0.15) is 11.8 Å². The highest BCUT2D eigenvalue weighted by molar-refractivity contribution is 5.02. The van der Waals surface area contributed by atoms with E-state index in [4.69, 9.17) is 4.74 Å². The van der Waals surface area contributed by atoms with Crippen molar-refractivity contribution >= 4 is 0 Å². The van der Waals surface area contributed by atoms with Gasteiger partial charge in [0.15, 0.2) is 0 Å². The molecule has 0 N–H and O–H groups in total. The Morgan fingerprint density at radius 1 is 1.67 bits per heavy atom. The number of ether oxygens (including phenoxy) is 1. The number of hydrogen-bond acceptors (Lipinski definition) is 1. The maximum absolute atomic E-state index is 13.2. The molecule has 1 heterocycles. The second-order valence-electron chi connectivity index (χ2n) is 3.27. The van der Waals surface area contributed by atoms with Crippen LogP contribution in [0, 0.1) is 0 Å². The summed E-state index contributed by atoms with van der Waals surface area (Å²) in [7, 11) is 0. The molecule has 1 saturated heterocycles. The van der Waals surface area contributed by atoms with Gasteiger partial charge in [0.05, 0.1) is 6.10 Å². The first kappa shape index (κ1) is 5.66. The van der Waals surface area contributed by atoms with E-state index in [1.54, 1.807) is 6.92 Å². The molecule has 0 aromatic rings. The first-order valence-electron chi connectivity index (χ1n) is 3.54. The van der Waals surface area contributed by atoms with E-state index in [9.17, 15) is 4.39 Å². The monoisotopic (exact) mass is 130 g/mol. The van der Waals surface area contributed by atoms with Crippen molar-refractivity contribution in [3.05, 3.63) is 0 Å². The van der Waals surface area contributed by atoms with E-state index in [2.05, 4.69) is 0 Å². The molecule has 9 heavy (non-hydrogen) atoms. The molecule has 1 aliphatic heterocycles. The minimum absolute atomic E-state index is 0.0498. The van der Waals surface area contributed by atoms with Crippen LogP contribution in [-0.2, 0) is 4.74 Å². The van der Waals surface area contributed by atoms with Crippen LogP contribution in [-0.4, -0.2) is 17.9 Å². The standard InChI is InChI=1S/C7H11FO/c1-7(8)4-2-3-5-6(7)9-5/h5-6H,2-4H2,1H3. The minimum Gasteiger partial charge on any atom is -0.366 e. The van der Waals surface area contributed by atoms with Crippen molar-refractivity contribution < 1.29 is 9.13 Å². The fourth-order valence-electron chi connectivity index (χ4n) is 1.68. The van der Waals surface area contributed by atoms with Crippen LogP contribution >= 0.6 is 0 Å². The SMILES string of the molecule is CC1(F)CCCC2OC21. The molecule has 0 radical (unpaired) electrons. The zero-order valence-corrected chi connectivity index (χ0v) is 5.56. The van der Waals surface area contributed by atoms with Gasteiger partial charge in [-0.15, -0.1) is 0 Å². The van der Waals surface area contributed by atoms with Crippen LogP contribution in [0.1, 0.15) is 26.2 Å². The molecule has 1 aliphatic carbocycles. The molecule has 2 aliphatic rings. The molecule has 2 rings (SSSR count). The Morgan fingerprint density at radius 2 is 2.44 bits per heavy atom. The highest BCUT2D eigenvalue weighted by atomic mass is 19.1. The Labute approximate surface area is 54.2 Å². The highest BCUT2D eigenvalue weighted by Gasteiger charge is 2.54. The summed E-state index contributed by atoms with van der Waals surface area (Å²) >= 11 is 0. The molecule has 52 valence electrons. The van der Waals surface area contributed by atoms with Crippen LogP contribution in [0.25, 0.3) is 0 Å². The molecule has 2 heteroatoms. The smallest absolute Gasteiger partial charge is 0.136 e. The highest BCUT2D eigenvalue weighted by Crippen LogP contribution is 2.45. The van der Waals surface area contributed by atoms with Gasteiger partial charge in [0.2, 0.25) is 0 Å². The molecular formula is C7H11FO. The van der Waals surface area contributed by atoms with Crippen LogP contribution in [0.3, 0.4) is 0 Å². The number of alkyl halides is 1. The zero-order chi connectivity index (χ0) is 6.48. The summed E-state index contributed by atoms with van der Waals surface area (Å²) in [6.07, 6.45) is 2.98. The van der Waals surface area contributed by atoms with Crippen LogP contribution in [0.15, 0.2) is 0 Å². The summed E-state index contributed by atoms with van der Waals surface area (Å²) < 4.78 is 18.3. The lowest BCUT2D eigenvalue weighted by atomic mass is 9.88. The summed E-state index contributed by atoms with van der Waals surface area (Å²) in [5, 5.41) is 0. The summed E-state index contributed by atoms with van der Waals surface area (Å²) in [5.41, 5.74) is -1.01. The number of rotatable bonds is 0. The fourth-order valence-corrected chi connectivity index (χ4v) is 1.68. The van der Waals surface area contributed by atoms with Gasteiger partial charge in [-0.3, -0.25) is 0 Å². The van der Waals surface area contributed by atoms with E-state index in [1.807, 2.05) is 0 Å². The minimum atomic E-state index is -1.01. The van der Waals surface area contributed by atoms with Crippen LogP contribution in [0.2, 0.25) is 0 Å². The number of epoxide rings is 1. The maximum Gasteiger partial charge on any atom is 0.136 e. The van der Waals surface area contributed by atoms with Crippen molar-refractivity contribution in [2.75, 3.05) is 0 Å². The molecule has 3 unspecified atom stereocenters. The van der Waals surface area contributed by atoms with Gasteiger partial charge in [0, 0.05) is 0 Å². The van der Waals surface area contributed by atoms with Crippen molar-refractivity contribution in [2.45, 2.75) is 44.1 Å². The predicted octanol–water partition coefficient (Wildman–Crippen LogP) is 1.67. The third-order valence-electron chi connectivity index (χ3n) is 2.33. The van der Waals surface area contributed by atoms with Gasteiger partial charge < -0.3 is 4.74 Å². The first-order valence-corrected chi connectivity index (χ1v) is 3.54. The van der Waals surface area contributed by atoms with E-state index in [1.165, 1.54) is 0 Å². The predicted molar refractivity (Wildman–Crippen MR) is 32.0 cm³/mol. The lowest BCUT2D eigenvalue weighted by molar-refractivity contribution is 0.122. The lowest BCUT2D eigenvalue weighted by Crippen LogP contribution is -2.30. The van der Waals surface area contributed by atoms with Gasteiger partial charge in [-0.1, -0.05) is 0 Å². The first-order chi connectivity index (χ1) is 4.20. The summed E-state index contributed by atoms with van der Waals surface area (Å²) in [5.74, 6) is 0. The third-order valence-corrected chi connectivity index (χ3v) is 2.33. The number of hydrogen-bond donors (Lipinski definition) is 0. The largest absolute Gasteiger partial charge is 0.366 e. The van der Waals surface area contributed by atoms with Crippen LogP contribution in [0.5, 0.6) is 0 Å². The van der Waals surface area contributed by atoms with E-state index in [0.717, 1.165) is 12.8 Å². The lowest BCUT2D eigenvalue weighted by Gasteiger charge is -2.20. The van der Waals surface area contributed by atoms with Gasteiger partial charge in [-0.2, -0.15) is 0 Å². The second-order valence-corrected chi connectivity index (χ2v) is 3.27. The van der Waals surface area contributed by atoms with Crippen molar-refractivity contribution in [3.63, 3.8) is 0 Å². The molecule has 2 fully saturated rings. The van der Waals surface area contributed by atoms with Crippen molar-refractivity contribution in [3.8, 4) is 0 Å². The van der Waals surface area contributed by atoms with Crippen molar-refractivity contribution in [2.24, 2.45) is 0 Å². The average molecular weight is 130 g/mol. The summed E-state index contributed by atoms with van der Waals surface area (Å²) in [4.78, 5) is 0. The van der Waals surface area contributed by atoms with Gasteiger partial charge in [-0.05, 0) is 26.2 Å². The third kappa shape index (κ3) is 0.767. The van der Waals surface area contributed by atoms with E-state index in [-0.39, 0.29) is 12.2 Å². The molecule has 1 nitrogen and oxygen atoms in total. The topological polar surface area (TPSA) is 12.5 Å². The Balaban J connectivity index is 2.09. The summed E-state index contributed by atoms with van der Waals surface area (Å²) in [6.45, 7) is 1.65. The molecule has 1 saturated carbocycles. The molecule has 0 spiro atoms. The second kappa shape index (κ2) is 1.48. The molecule has 3 atom stereocenters. The Morgan fingerprint density at radius 3 is 3.00 bits per heavy atom. The molecule has 0 bridgehead atoms. The number of fused-ring (bicyclic) bond motifs is 1. The Hall–Kier alpha value is -0.110. The molecule has 0 aromatic carbocycles. The quantitative estimate of drug-likeness (QED) is 0.454. The van der Waals surface area contributed by atoms with Crippen molar-refractivity contribution in [1.82, 2.24) is 0 Å². The van der Waals surface area contributed by atoms with Gasteiger partial charge in [0.25, 0.3) is 0 Å². The molecule has 0 aromatic heterocycles. The fraction of sp³-hybridized carbons (Fsp3) is 1.00. The van der Waals surface area contributed by atoms with E-state index < -0.39 is 5.67 Å². The maximum atomic E-state index is 13.2. The molecule has 0 amide bonds. The van der Waals surface area contributed by atoms with Crippen LogP contribution in [0.4, 0.5) is 4.39 Å². The average Bonchev–Trinajstić information content (AvgIpc) is 2.43. The van der Waals surface area contributed by atoms with Crippen molar-refractivity contribution in [1.29, 1.82) is 0 Å². The summed E-state index contributed by atoms with van der Waals surface area (Å²) in [6, 6.07) is 0. The Kier molecular flexibility index (Phi) is 0.933. The van der Waals surface area contributed by atoms with E-state index >= 15 is 0 Å².